The third-order valence-electron chi connectivity index (χ3n) is 2.10. The van der Waals surface area contributed by atoms with Gasteiger partial charge in [0, 0.05) is 6.07 Å². The molecule has 0 bridgehead atoms. The molecule has 1 aromatic carbocycles. The first-order valence-corrected chi connectivity index (χ1v) is 4.36. The molecule has 0 fully saturated rings. The minimum Gasteiger partial charge on any atom is -0.497 e. The number of hydrogen-bond donors (Lipinski definition) is 1. The second-order valence-corrected chi connectivity index (χ2v) is 2.96. The number of ether oxygens (including phenoxy) is 2. The van der Waals surface area contributed by atoms with Gasteiger partial charge in [-0.05, 0) is 12.1 Å². The molecule has 0 saturated heterocycles. The second-order valence-electron chi connectivity index (χ2n) is 2.96. The standard InChI is InChI=1S/C10H10N2O3/c1-14-6-3-4-7-8(5-6)11-10(13)12-9(7)15-2/h3-5H,1-2H3,(H,11,12,13). The van der Waals surface area contributed by atoms with E-state index in [0.29, 0.717) is 17.1 Å². The summed E-state index contributed by atoms with van der Waals surface area (Å²) < 4.78 is 10.1. The molecule has 0 aliphatic carbocycles. The van der Waals surface area contributed by atoms with Gasteiger partial charge in [-0.15, -0.1) is 0 Å². The van der Waals surface area contributed by atoms with Gasteiger partial charge >= 0.3 is 5.69 Å². The summed E-state index contributed by atoms with van der Waals surface area (Å²) in [6, 6.07) is 5.29. The maximum absolute atomic E-state index is 11.2. The first-order chi connectivity index (χ1) is 7.24. The van der Waals surface area contributed by atoms with Crippen LogP contribution in [0.5, 0.6) is 11.6 Å². The summed E-state index contributed by atoms with van der Waals surface area (Å²) in [5.41, 5.74) is 0.207. The normalized spacial score (nSPS) is 10.3. The van der Waals surface area contributed by atoms with Crippen LogP contribution >= 0.6 is 0 Å². The molecule has 0 spiro atoms. The Morgan fingerprint density at radius 2 is 2.07 bits per heavy atom. The van der Waals surface area contributed by atoms with Crippen LogP contribution in [0.1, 0.15) is 0 Å². The Balaban J connectivity index is 2.78. The number of fused-ring (bicyclic) bond motifs is 1. The van der Waals surface area contributed by atoms with Gasteiger partial charge in [0.05, 0.1) is 25.1 Å². The third-order valence-corrected chi connectivity index (χ3v) is 2.10. The molecule has 2 rings (SSSR count). The molecule has 0 atom stereocenters. The lowest BCUT2D eigenvalue weighted by Gasteiger charge is -2.05. The van der Waals surface area contributed by atoms with Crippen LogP contribution in [0.2, 0.25) is 0 Å². The average Bonchev–Trinajstić information content (AvgIpc) is 2.26. The van der Waals surface area contributed by atoms with Crippen molar-refractivity contribution in [2.75, 3.05) is 14.2 Å². The highest BCUT2D eigenvalue weighted by molar-refractivity contribution is 5.84. The number of rotatable bonds is 2. The van der Waals surface area contributed by atoms with E-state index in [9.17, 15) is 4.79 Å². The fraction of sp³-hybridized carbons (Fsp3) is 0.200. The molecule has 0 amide bonds. The second kappa shape index (κ2) is 3.61. The number of methoxy groups -OCH3 is 2. The Hall–Kier alpha value is -2.04. The number of nitrogens with zero attached hydrogens (tertiary/aromatic N) is 1. The number of aromatic nitrogens is 2. The first-order valence-electron chi connectivity index (χ1n) is 4.36. The van der Waals surface area contributed by atoms with Crippen LogP contribution in [0.15, 0.2) is 23.0 Å². The predicted molar refractivity (Wildman–Crippen MR) is 55.5 cm³/mol. The number of hydrogen-bond acceptors (Lipinski definition) is 4. The Kier molecular flexibility index (Phi) is 2.29. The Bertz CT molecular complexity index is 548. The molecule has 0 radical (unpaired) electrons. The van der Waals surface area contributed by atoms with Crippen molar-refractivity contribution in [3.05, 3.63) is 28.7 Å². The van der Waals surface area contributed by atoms with Crippen molar-refractivity contribution < 1.29 is 9.47 Å². The molecule has 1 heterocycles. The van der Waals surface area contributed by atoms with Crippen LogP contribution in [-0.2, 0) is 0 Å². The van der Waals surface area contributed by atoms with Gasteiger partial charge in [-0.3, -0.25) is 0 Å². The van der Waals surface area contributed by atoms with Crippen LogP contribution in [0, 0.1) is 0 Å². The minimum atomic E-state index is -0.437. The Morgan fingerprint density at radius 1 is 1.27 bits per heavy atom. The van der Waals surface area contributed by atoms with Crippen molar-refractivity contribution in [3.8, 4) is 11.6 Å². The zero-order chi connectivity index (χ0) is 10.8. The van der Waals surface area contributed by atoms with E-state index in [0.717, 1.165) is 5.39 Å². The molecule has 1 N–H and O–H groups in total. The zero-order valence-electron chi connectivity index (χ0n) is 8.40. The number of benzene rings is 1. The lowest BCUT2D eigenvalue weighted by atomic mass is 10.2. The number of H-pyrrole nitrogens is 1. The maximum atomic E-state index is 11.2. The summed E-state index contributed by atoms with van der Waals surface area (Å²) >= 11 is 0. The van der Waals surface area contributed by atoms with Gasteiger partial charge in [0.1, 0.15) is 5.75 Å². The Labute approximate surface area is 85.7 Å². The molecule has 5 nitrogen and oxygen atoms in total. The van der Waals surface area contributed by atoms with Crippen LogP contribution in [0.4, 0.5) is 0 Å². The monoisotopic (exact) mass is 206 g/mol. The van der Waals surface area contributed by atoms with Gasteiger partial charge in [0.15, 0.2) is 0 Å². The molecular formula is C10H10N2O3. The molecule has 0 saturated carbocycles. The van der Waals surface area contributed by atoms with Crippen LogP contribution < -0.4 is 15.2 Å². The number of aromatic amines is 1. The summed E-state index contributed by atoms with van der Waals surface area (Å²) in [5, 5.41) is 0.748. The van der Waals surface area contributed by atoms with Gasteiger partial charge in [-0.1, -0.05) is 0 Å². The summed E-state index contributed by atoms with van der Waals surface area (Å²) in [6.07, 6.45) is 0. The lowest BCUT2D eigenvalue weighted by molar-refractivity contribution is 0.400. The largest absolute Gasteiger partial charge is 0.497 e. The molecule has 0 aliphatic heterocycles. The lowest BCUT2D eigenvalue weighted by Crippen LogP contribution is -2.11. The fourth-order valence-corrected chi connectivity index (χ4v) is 1.39. The Morgan fingerprint density at radius 3 is 2.73 bits per heavy atom. The third kappa shape index (κ3) is 1.63. The maximum Gasteiger partial charge on any atom is 0.348 e. The van der Waals surface area contributed by atoms with Crippen LogP contribution in [-0.4, -0.2) is 24.2 Å². The van der Waals surface area contributed by atoms with Crippen molar-refractivity contribution in [1.82, 2.24) is 9.97 Å². The van der Waals surface area contributed by atoms with Gasteiger partial charge < -0.3 is 14.5 Å². The van der Waals surface area contributed by atoms with Gasteiger partial charge in [0.25, 0.3) is 0 Å². The highest BCUT2D eigenvalue weighted by Crippen LogP contribution is 2.23. The van der Waals surface area contributed by atoms with Gasteiger partial charge in [-0.25, -0.2) is 4.79 Å². The zero-order valence-corrected chi connectivity index (χ0v) is 8.40. The van der Waals surface area contributed by atoms with Crippen molar-refractivity contribution >= 4 is 10.9 Å². The topological polar surface area (TPSA) is 64.2 Å². The molecule has 1 aromatic heterocycles. The SMILES string of the molecule is COc1ccc2c(OC)nc(=O)[nH]c2c1. The van der Waals surface area contributed by atoms with E-state index >= 15 is 0 Å². The molecule has 2 aromatic rings. The molecule has 0 aliphatic rings. The van der Waals surface area contributed by atoms with Gasteiger partial charge in [0.2, 0.25) is 5.88 Å². The van der Waals surface area contributed by atoms with Crippen molar-refractivity contribution in [3.63, 3.8) is 0 Å². The first kappa shape index (κ1) is 9.51. The molecule has 78 valence electrons. The molecule has 0 unspecified atom stereocenters. The quantitative estimate of drug-likeness (QED) is 0.794. The van der Waals surface area contributed by atoms with Crippen molar-refractivity contribution in [2.45, 2.75) is 0 Å². The highest BCUT2D eigenvalue weighted by Gasteiger charge is 2.05. The smallest absolute Gasteiger partial charge is 0.348 e. The average molecular weight is 206 g/mol. The van der Waals surface area contributed by atoms with E-state index in [2.05, 4.69) is 9.97 Å². The summed E-state index contributed by atoms with van der Waals surface area (Å²) in [4.78, 5) is 17.5. The predicted octanol–water partition coefficient (Wildman–Crippen LogP) is 0.940. The van der Waals surface area contributed by atoms with Crippen LogP contribution in [0.3, 0.4) is 0 Å². The molecule has 15 heavy (non-hydrogen) atoms. The van der Waals surface area contributed by atoms with E-state index < -0.39 is 5.69 Å². The molecule has 5 heteroatoms. The van der Waals surface area contributed by atoms with E-state index in [1.54, 1.807) is 25.3 Å². The summed E-state index contributed by atoms with van der Waals surface area (Å²) in [7, 11) is 3.04. The number of nitrogens with one attached hydrogen (secondary N) is 1. The van der Waals surface area contributed by atoms with E-state index in [1.165, 1.54) is 7.11 Å². The minimum absolute atomic E-state index is 0.316. The highest BCUT2D eigenvalue weighted by atomic mass is 16.5. The summed E-state index contributed by atoms with van der Waals surface area (Å²) in [5.74, 6) is 0.989. The summed E-state index contributed by atoms with van der Waals surface area (Å²) in [6.45, 7) is 0. The fourth-order valence-electron chi connectivity index (χ4n) is 1.39. The van der Waals surface area contributed by atoms with E-state index in [4.69, 9.17) is 9.47 Å². The molecular weight excluding hydrogens is 196 g/mol. The van der Waals surface area contributed by atoms with Crippen molar-refractivity contribution in [2.24, 2.45) is 0 Å². The van der Waals surface area contributed by atoms with Crippen LogP contribution in [0.25, 0.3) is 10.9 Å². The van der Waals surface area contributed by atoms with Crippen molar-refractivity contribution in [1.29, 1.82) is 0 Å². The van der Waals surface area contributed by atoms with E-state index in [-0.39, 0.29) is 0 Å². The van der Waals surface area contributed by atoms with E-state index in [1.807, 2.05) is 0 Å². The van der Waals surface area contributed by atoms with Gasteiger partial charge in [-0.2, -0.15) is 4.98 Å².